The molecule has 0 saturated carbocycles. The van der Waals surface area contributed by atoms with Gasteiger partial charge in [0.15, 0.2) is 0 Å². The molecule has 0 radical (unpaired) electrons. The molecule has 0 saturated heterocycles. The second-order valence-corrected chi connectivity index (χ2v) is 5.81. The number of H-pyrrole nitrogens is 1. The van der Waals surface area contributed by atoms with Crippen molar-refractivity contribution in [3.8, 4) is 0 Å². The molecule has 2 aromatic rings. The summed E-state index contributed by atoms with van der Waals surface area (Å²) in [5.74, 6) is -0.776. The molecular weight excluding hydrogens is 425 g/mol. The first-order valence-electron chi connectivity index (χ1n) is 5.26. The summed E-state index contributed by atoms with van der Waals surface area (Å²) in [6.07, 6.45) is 1.64. The van der Waals surface area contributed by atoms with E-state index >= 15 is 0 Å². The van der Waals surface area contributed by atoms with Crippen LogP contribution in [-0.2, 0) is 0 Å². The first-order valence-corrected chi connectivity index (χ1v) is 7.13. The molecule has 2 amide bonds. The maximum absolute atomic E-state index is 11.8. The van der Waals surface area contributed by atoms with Gasteiger partial charge in [0.1, 0.15) is 5.69 Å². The minimum Gasteiger partial charge on any atom is -0.356 e. The van der Waals surface area contributed by atoms with Crippen LogP contribution in [0.5, 0.6) is 0 Å². The number of aromatic nitrogens is 1. The van der Waals surface area contributed by atoms with Gasteiger partial charge in [0, 0.05) is 19.8 Å². The Hall–Kier alpha value is -1.35. The Balaban J connectivity index is 1.95. The second-order valence-electron chi connectivity index (χ2n) is 3.65. The number of hydrogen-bond donors (Lipinski definition) is 3. The smallest absolute Gasteiger partial charge is 0.286 e. The number of nitrogens with one attached hydrogen (secondary N) is 3. The fourth-order valence-corrected chi connectivity index (χ4v) is 2.27. The van der Waals surface area contributed by atoms with Crippen LogP contribution in [0.1, 0.15) is 20.8 Å². The van der Waals surface area contributed by atoms with Gasteiger partial charge in [-0.25, -0.2) is 0 Å². The molecule has 0 aliphatic heterocycles. The molecule has 0 spiro atoms. The van der Waals surface area contributed by atoms with Crippen molar-refractivity contribution >= 4 is 50.3 Å². The van der Waals surface area contributed by atoms with E-state index in [0.29, 0.717) is 11.3 Å². The van der Waals surface area contributed by atoms with Crippen LogP contribution in [-0.4, -0.2) is 16.8 Å². The third kappa shape index (κ3) is 3.80. The lowest BCUT2D eigenvalue weighted by Crippen LogP contribution is -2.41. The summed E-state index contributed by atoms with van der Waals surface area (Å²) in [7, 11) is 0. The highest BCUT2D eigenvalue weighted by Gasteiger charge is 2.10. The molecular formula is C12H9BrIN3O2. The Kier molecular flexibility index (Phi) is 4.59. The van der Waals surface area contributed by atoms with Crippen molar-refractivity contribution in [3.63, 3.8) is 0 Å². The number of carbonyl (C=O) groups excluding carboxylic acids is 2. The fourth-order valence-electron chi connectivity index (χ4n) is 1.38. The van der Waals surface area contributed by atoms with Gasteiger partial charge in [0.05, 0.1) is 0 Å². The lowest BCUT2D eigenvalue weighted by Gasteiger charge is -2.06. The van der Waals surface area contributed by atoms with E-state index in [1.54, 1.807) is 30.5 Å². The van der Waals surface area contributed by atoms with Crippen molar-refractivity contribution in [2.45, 2.75) is 0 Å². The van der Waals surface area contributed by atoms with Crippen LogP contribution in [0, 0.1) is 3.57 Å². The highest BCUT2D eigenvalue weighted by Crippen LogP contribution is 2.10. The third-order valence-electron chi connectivity index (χ3n) is 2.27. The van der Waals surface area contributed by atoms with Gasteiger partial charge in [-0.2, -0.15) is 0 Å². The van der Waals surface area contributed by atoms with E-state index in [4.69, 9.17) is 0 Å². The van der Waals surface area contributed by atoms with Crippen molar-refractivity contribution in [3.05, 3.63) is 55.8 Å². The minimum atomic E-state index is -0.412. The Morgan fingerprint density at radius 3 is 2.53 bits per heavy atom. The van der Waals surface area contributed by atoms with Crippen LogP contribution in [0.3, 0.4) is 0 Å². The predicted octanol–water partition coefficient (Wildman–Crippen LogP) is 2.46. The molecule has 2 rings (SSSR count). The summed E-state index contributed by atoms with van der Waals surface area (Å²) in [4.78, 5) is 26.2. The summed E-state index contributed by atoms with van der Waals surface area (Å²) in [5, 5.41) is 0. The molecule has 1 aromatic carbocycles. The quantitative estimate of drug-likeness (QED) is 0.502. The number of aromatic amines is 1. The van der Waals surface area contributed by atoms with E-state index < -0.39 is 5.91 Å². The maximum Gasteiger partial charge on any atom is 0.286 e. The summed E-state index contributed by atoms with van der Waals surface area (Å²) < 4.78 is 1.71. The molecule has 98 valence electrons. The zero-order valence-electron chi connectivity index (χ0n) is 9.54. The summed E-state index contributed by atoms with van der Waals surface area (Å²) >= 11 is 5.34. The lowest BCUT2D eigenvalue weighted by molar-refractivity contribution is 0.0844. The molecule has 7 heteroatoms. The third-order valence-corrected chi connectivity index (χ3v) is 3.40. The normalized spacial score (nSPS) is 10.0. The molecule has 0 fully saturated rings. The maximum atomic E-state index is 11.8. The Morgan fingerprint density at radius 2 is 1.89 bits per heavy atom. The van der Waals surface area contributed by atoms with Crippen LogP contribution in [0.25, 0.3) is 0 Å². The number of hydrogen-bond acceptors (Lipinski definition) is 2. The topological polar surface area (TPSA) is 74.0 Å². The first kappa shape index (κ1) is 14.1. The second kappa shape index (κ2) is 6.20. The highest BCUT2D eigenvalue weighted by atomic mass is 127. The summed E-state index contributed by atoms with van der Waals surface area (Å²) in [6.45, 7) is 0. The molecule has 0 atom stereocenters. The predicted molar refractivity (Wildman–Crippen MR) is 82.6 cm³/mol. The fraction of sp³-hybridized carbons (Fsp3) is 0. The number of benzene rings is 1. The van der Waals surface area contributed by atoms with E-state index in [9.17, 15) is 9.59 Å². The van der Waals surface area contributed by atoms with Crippen LogP contribution in [0.4, 0.5) is 0 Å². The van der Waals surface area contributed by atoms with Gasteiger partial charge in [-0.15, -0.1) is 0 Å². The van der Waals surface area contributed by atoms with Gasteiger partial charge in [-0.05, 0) is 62.8 Å². The van der Waals surface area contributed by atoms with E-state index in [-0.39, 0.29) is 5.91 Å². The summed E-state index contributed by atoms with van der Waals surface area (Å²) in [6, 6.07) is 8.68. The van der Waals surface area contributed by atoms with Crippen LogP contribution in [0.2, 0.25) is 0 Å². The number of hydrazine groups is 1. The number of rotatable bonds is 2. The number of amides is 2. The molecule has 19 heavy (non-hydrogen) atoms. The van der Waals surface area contributed by atoms with Gasteiger partial charge in [0.25, 0.3) is 11.8 Å². The Bertz CT molecular complexity index is 627. The Labute approximate surface area is 131 Å². The molecule has 5 nitrogen and oxygen atoms in total. The van der Waals surface area contributed by atoms with Crippen molar-refractivity contribution in [1.82, 2.24) is 15.8 Å². The van der Waals surface area contributed by atoms with Gasteiger partial charge in [0.2, 0.25) is 0 Å². The zero-order chi connectivity index (χ0) is 13.8. The van der Waals surface area contributed by atoms with Crippen LogP contribution < -0.4 is 10.9 Å². The van der Waals surface area contributed by atoms with Crippen molar-refractivity contribution in [1.29, 1.82) is 0 Å². The number of carbonyl (C=O) groups is 2. The molecule has 0 aliphatic carbocycles. The van der Waals surface area contributed by atoms with Crippen LogP contribution in [0.15, 0.2) is 41.0 Å². The van der Waals surface area contributed by atoms with Gasteiger partial charge in [-0.3, -0.25) is 20.4 Å². The van der Waals surface area contributed by atoms with Gasteiger partial charge >= 0.3 is 0 Å². The average molecular weight is 434 g/mol. The molecule has 0 unspecified atom stereocenters. The standard InChI is InChI=1S/C12H9BrIN3O2/c13-8-5-10(15-6-8)12(19)17-16-11(18)7-2-1-3-9(14)4-7/h1-6,15H,(H,16,18)(H,17,19). The van der Waals surface area contributed by atoms with Gasteiger partial charge < -0.3 is 4.98 Å². The molecule has 3 N–H and O–H groups in total. The zero-order valence-corrected chi connectivity index (χ0v) is 13.3. The lowest BCUT2D eigenvalue weighted by atomic mass is 10.2. The van der Waals surface area contributed by atoms with E-state index in [0.717, 1.165) is 8.04 Å². The molecule has 0 aliphatic rings. The molecule has 1 aromatic heterocycles. The Morgan fingerprint density at radius 1 is 1.16 bits per heavy atom. The highest BCUT2D eigenvalue weighted by molar-refractivity contribution is 14.1. The van der Waals surface area contributed by atoms with Crippen LogP contribution >= 0.6 is 38.5 Å². The van der Waals surface area contributed by atoms with E-state index in [2.05, 4.69) is 54.4 Å². The SMILES string of the molecule is O=C(NNC(=O)c1cc(Br)c[nH]1)c1cccc(I)c1. The molecule has 0 bridgehead atoms. The molecule has 1 heterocycles. The minimum absolute atomic E-state index is 0.356. The van der Waals surface area contributed by atoms with Crippen molar-refractivity contribution in [2.75, 3.05) is 0 Å². The summed E-state index contributed by atoms with van der Waals surface area (Å²) in [5.41, 5.74) is 5.54. The van der Waals surface area contributed by atoms with Gasteiger partial charge in [-0.1, -0.05) is 6.07 Å². The largest absolute Gasteiger partial charge is 0.356 e. The van der Waals surface area contributed by atoms with Crippen molar-refractivity contribution < 1.29 is 9.59 Å². The average Bonchev–Trinajstić information content (AvgIpc) is 2.82. The van der Waals surface area contributed by atoms with E-state index in [1.165, 1.54) is 0 Å². The van der Waals surface area contributed by atoms with Crippen molar-refractivity contribution in [2.24, 2.45) is 0 Å². The number of halogens is 2. The monoisotopic (exact) mass is 433 g/mol. The van der Waals surface area contributed by atoms with E-state index in [1.807, 2.05) is 6.07 Å². The first-order chi connectivity index (χ1) is 9.06.